The Morgan fingerprint density at radius 1 is 1.29 bits per heavy atom. The lowest BCUT2D eigenvalue weighted by Gasteiger charge is -2.11. The van der Waals surface area contributed by atoms with Gasteiger partial charge in [0.1, 0.15) is 5.75 Å². The van der Waals surface area contributed by atoms with Crippen molar-refractivity contribution in [3.05, 3.63) is 59.4 Å². The maximum absolute atomic E-state index is 12.9. The number of rotatable bonds is 4. The maximum Gasteiger partial charge on any atom is 0.417 e. The summed E-state index contributed by atoms with van der Waals surface area (Å²) < 4.78 is 43.6. The zero-order valence-corrected chi connectivity index (χ0v) is 11.1. The minimum absolute atomic E-state index is 0.147. The molecule has 0 atom stereocenters. The molecule has 0 unspecified atom stereocenters. The van der Waals surface area contributed by atoms with Gasteiger partial charge in [0.05, 0.1) is 12.7 Å². The third-order valence-corrected chi connectivity index (χ3v) is 2.93. The first-order valence-corrected chi connectivity index (χ1v) is 6.09. The minimum atomic E-state index is -4.58. The van der Waals surface area contributed by atoms with Crippen molar-refractivity contribution < 1.29 is 22.7 Å². The van der Waals surface area contributed by atoms with Gasteiger partial charge in [-0.1, -0.05) is 12.1 Å². The topological polar surface area (TPSA) is 39.2 Å². The number of hydrogen-bond donors (Lipinski definition) is 0. The molecule has 2 aromatic rings. The van der Waals surface area contributed by atoms with Gasteiger partial charge in [-0.05, 0) is 23.8 Å². The molecule has 2 rings (SSSR count). The number of pyridine rings is 1. The number of aromatic nitrogens is 1. The van der Waals surface area contributed by atoms with Crippen LogP contribution in [0, 0.1) is 0 Å². The number of carbonyl (C=O) groups is 1. The summed E-state index contributed by atoms with van der Waals surface area (Å²) in [5.74, 6) is -0.0915. The molecule has 6 heteroatoms. The molecule has 0 bridgehead atoms. The molecule has 1 aromatic carbocycles. The number of halogens is 3. The van der Waals surface area contributed by atoms with Crippen LogP contribution in [0.4, 0.5) is 13.2 Å². The molecule has 0 N–H and O–H groups in total. The van der Waals surface area contributed by atoms with Gasteiger partial charge in [0.25, 0.3) is 0 Å². The maximum atomic E-state index is 12.9. The van der Waals surface area contributed by atoms with E-state index in [1.807, 2.05) is 0 Å². The number of methoxy groups -OCH3 is 1. The van der Waals surface area contributed by atoms with Crippen molar-refractivity contribution in [3.63, 3.8) is 0 Å². The van der Waals surface area contributed by atoms with Crippen LogP contribution in [-0.2, 0) is 12.6 Å². The molecule has 0 aliphatic carbocycles. The van der Waals surface area contributed by atoms with Crippen LogP contribution in [0.15, 0.2) is 42.7 Å². The second kappa shape index (κ2) is 5.95. The van der Waals surface area contributed by atoms with Crippen LogP contribution < -0.4 is 4.74 Å². The van der Waals surface area contributed by atoms with E-state index in [4.69, 9.17) is 4.74 Å². The predicted octanol–water partition coefficient (Wildman–Crippen LogP) is 3.53. The van der Waals surface area contributed by atoms with E-state index in [0.29, 0.717) is 11.3 Å². The van der Waals surface area contributed by atoms with Crippen molar-refractivity contribution in [1.82, 2.24) is 4.98 Å². The number of ketones is 1. The Morgan fingerprint density at radius 2 is 2.05 bits per heavy atom. The molecular weight excluding hydrogens is 283 g/mol. The number of alkyl halides is 3. The summed E-state index contributed by atoms with van der Waals surface area (Å²) >= 11 is 0. The fourth-order valence-electron chi connectivity index (χ4n) is 1.93. The summed E-state index contributed by atoms with van der Waals surface area (Å²) in [5, 5.41) is 0. The van der Waals surface area contributed by atoms with Crippen molar-refractivity contribution in [2.75, 3.05) is 7.11 Å². The second-order valence-corrected chi connectivity index (χ2v) is 4.37. The number of carbonyl (C=O) groups excluding carboxylic acids is 1. The Labute approximate surface area is 119 Å². The van der Waals surface area contributed by atoms with Crippen molar-refractivity contribution in [2.45, 2.75) is 12.6 Å². The summed E-state index contributed by atoms with van der Waals surface area (Å²) in [6.07, 6.45) is -2.76. The highest BCUT2D eigenvalue weighted by molar-refractivity contribution is 5.98. The largest absolute Gasteiger partial charge is 0.497 e. The van der Waals surface area contributed by atoms with Crippen LogP contribution in [0.2, 0.25) is 0 Å². The highest BCUT2D eigenvalue weighted by Crippen LogP contribution is 2.32. The van der Waals surface area contributed by atoms with Crippen molar-refractivity contribution >= 4 is 5.78 Å². The van der Waals surface area contributed by atoms with E-state index in [1.165, 1.54) is 7.11 Å². The highest BCUT2D eigenvalue weighted by Gasteiger charge is 2.35. The lowest BCUT2D eigenvalue weighted by Crippen LogP contribution is -2.15. The average molecular weight is 295 g/mol. The van der Waals surface area contributed by atoms with Crippen LogP contribution >= 0.6 is 0 Å². The molecule has 110 valence electrons. The Balaban J connectivity index is 2.29. The number of hydrogen-bond acceptors (Lipinski definition) is 3. The highest BCUT2D eigenvalue weighted by atomic mass is 19.4. The number of ether oxygens (including phenoxy) is 1. The van der Waals surface area contributed by atoms with Gasteiger partial charge in [-0.2, -0.15) is 13.2 Å². The molecule has 3 nitrogen and oxygen atoms in total. The van der Waals surface area contributed by atoms with Gasteiger partial charge in [-0.15, -0.1) is 0 Å². The van der Waals surface area contributed by atoms with E-state index in [0.717, 1.165) is 18.5 Å². The Kier molecular flexibility index (Phi) is 4.26. The molecule has 0 aliphatic heterocycles. The Hall–Kier alpha value is -2.37. The summed E-state index contributed by atoms with van der Waals surface area (Å²) in [5.41, 5.74) is -0.811. The molecule has 21 heavy (non-hydrogen) atoms. The summed E-state index contributed by atoms with van der Waals surface area (Å²) in [4.78, 5) is 15.7. The smallest absolute Gasteiger partial charge is 0.417 e. The van der Waals surface area contributed by atoms with Crippen molar-refractivity contribution in [1.29, 1.82) is 0 Å². The van der Waals surface area contributed by atoms with Gasteiger partial charge in [0.15, 0.2) is 5.78 Å². The minimum Gasteiger partial charge on any atom is -0.497 e. The molecular formula is C15H12F3NO2. The summed E-state index contributed by atoms with van der Waals surface area (Å²) in [7, 11) is 1.48. The number of nitrogens with zero attached hydrogens (tertiary/aromatic N) is 1. The number of benzene rings is 1. The SMILES string of the molecule is COc1cccc(CC(=O)c2cnccc2C(F)(F)F)c1. The van der Waals surface area contributed by atoms with E-state index in [-0.39, 0.29) is 6.42 Å². The molecule has 1 aromatic heterocycles. The van der Waals surface area contributed by atoms with Gasteiger partial charge in [0, 0.05) is 24.4 Å². The van der Waals surface area contributed by atoms with Crippen molar-refractivity contribution in [3.8, 4) is 5.75 Å². The Morgan fingerprint density at radius 3 is 2.71 bits per heavy atom. The fraction of sp³-hybridized carbons (Fsp3) is 0.200. The first-order chi connectivity index (χ1) is 9.91. The molecule has 0 amide bonds. The normalized spacial score (nSPS) is 11.2. The molecule has 0 saturated heterocycles. The zero-order chi connectivity index (χ0) is 15.5. The summed E-state index contributed by atoms with van der Waals surface area (Å²) in [6, 6.07) is 7.44. The zero-order valence-electron chi connectivity index (χ0n) is 11.1. The predicted molar refractivity (Wildman–Crippen MR) is 70.3 cm³/mol. The second-order valence-electron chi connectivity index (χ2n) is 4.37. The third-order valence-electron chi connectivity index (χ3n) is 2.93. The monoisotopic (exact) mass is 295 g/mol. The van der Waals surface area contributed by atoms with Crippen LogP contribution in [-0.4, -0.2) is 17.9 Å². The first-order valence-electron chi connectivity index (χ1n) is 6.09. The summed E-state index contributed by atoms with van der Waals surface area (Å²) in [6.45, 7) is 0. The van der Waals surface area contributed by atoms with Gasteiger partial charge in [-0.25, -0.2) is 0 Å². The molecule has 0 saturated carbocycles. The molecule has 0 aliphatic rings. The third kappa shape index (κ3) is 3.59. The first kappa shape index (κ1) is 15.0. The van der Waals surface area contributed by atoms with E-state index >= 15 is 0 Å². The molecule has 0 radical (unpaired) electrons. The van der Waals surface area contributed by atoms with Gasteiger partial charge in [-0.3, -0.25) is 9.78 Å². The van der Waals surface area contributed by atoms with Crippen LogP contribution in [0.5, 0.6) is 5.75 Å². The van der Waals surface area contributed by atoms with Crippen molar-refractivity contribution in [2.24, 2.45) is 0 Å². The van der Waals surface area contributed by atoms with Gasteiger partial charge < -0.3 is 4.74 Å². The van der Waals surface area contributed by atoms with E-state index < -0.39 is 23.1 Å². The van der Waals surface area contributed by atoms with Gasteiger partial charge in [0.2, 0.25) is 0 Å². The van der Waals surface area contributed by atoms with E-state index in [9.17, 15) is 18.0 Å². The van der Waals surface area contributed by atoms with Gasteiger partial charge >= 0.3 is 6.18 Å². The quantitative estimate of drug-likeness (QED) is 0.810. The van der Waals surface area contributed by atoms with E-state index in [2.05, 4.69) is 4.98 Å². The standard InChI is InChI=1S/C15H12F3NO2/c1-21-11-4-2-3-10(7-11)8-14(20)12-9-19-6-5-13(12)15(16,17)18/h2-7,9H,8H2,1H3. The molecule has 0 spiro atoms. The van der Waals surface area contributed by atoms with Crippen LogP contribution in [0.25, 0.3) is 0 Å². The number of Topliss-reactive ketones (excluding diaryl/α,β-unsaturated/α-hetero) is 1. The Bertz CT molecular complexity index is 653. The molecule has 0 fully saturated rings. The average Bonchev–Trinajstić information content (AvgIpc) is 2.46. The fourth-order valence-corrected chi connectivity index (χ4v) is 1.93. The van der Waals surface area contributed by atoms with Crippen LogP contribution in [0.3, 0.4) is 0 Å². The van der Waals surface area contributed by atoms with E-state index in [1.54, 1.807) is 24.3 Å². The lowest BCUT2D eigenvalue weighted by molar-refractivity contribution is -0.138. The van der Waals surface area contributed by atoms with Crippen LogP contribution in [0.1, 0.15) is 21.5 Å². The molecule has 1 heterocycles. The lowest BCUT2D eigenvalue weighted by atomic mass is 10.00.